The van der Waals surface area contributed by atoms with E-state index in [4.69, 9.17) is 19.1 Å². The average Bonchev–Trinajstić information content (AvgIpc) is 3.94. The largest absolute Gasteiger partial charge is 3.00 e. The Labute approximate surface area is 380 Å². The first-order valence-electron chi connectivity index (χ1n) is 21.7. The molecule has 0 bridgehead atoms. The molecule has 1 aliphatic heterocycles. The second kappa shape index (κ2) is 17.4. The molecular formula is C55H54IrN3O2Si. The fourth-order valence-corrected chi connectivity index (χ4v) is 10.6. The van der Waals surface area contributed by atoms with Gasteiger partial charge in [-0.05, 0) is 70.5 Å². The number of pyridine rings is 1. The number of aromatic nitrogens is 1. The van der Waals surface area contributed by atoms with Crippen LogP contribution >= 0.6 is 0 Å². The first-order valence-corrected chi connectivity index (χ1v) is 25.2. The number of furan rings is 2. The molecule has 6 aromatic carbocycles. The van der Waals surface area contributed by atoms with Crippen molar-refractivity contribution in [1.29, 1.82) is 0 Å². The summed E-state index contributed by atoms with van der Waals surface area (Å²) in [6, 6.07) is 49.0. The third kappa shape index (κ3) is 8.03. The van der Waals surface area contributed by atoms with Crippen molar-refractivity contribution in [2.45, 2.75) is 85.6 Å². The number of para-hydroxylation sites is 5. The molecule has 1 unspecified atom stereocenters. The van der Waals surface area contributed by atoms with Crippen LogP contribution in [0.15, 0.2) is 136 Å². The van der Waals surface area contributed by atoms with Gasteiger partial charge in [0.05, 0.1) is 13.7 Å². The van der Waals surface area contributed by atoms with Crippen LogP contribution in [0.1, 0.15) is 81.8 Å². The minimum Gasteiger partial charge on any atom is -0.661 e. The molecule has 62 heavy (non-hydrogen) atoms. The van der Waals surface area contributed by atoms with Crippen molar-refractivity contribution in [1.82, 2.24) is 4.98 Å². The van der Waals surface area contributed by atoms with E-state index in [9.17, 15) is 0 Å². The van der Waals surface area contributed by atoms with Crippen LogP contribution in [0.3, 0.4) is 0 Å². The molecule has 3 aromatic heterocycles. The van der Waals surface area contributed by atoms with Crippen molar-refractivity contribution in [3.8, 4) is 11.3 Å². The van der Waals surface area contributed by atoms with E-state index in [-0.39, 0.29) is 26.3 Å². The summed E-state index contributed by atoms with van der Waals surface area (Å²) in [5.74, 6) is 1.40. The van der Waals surface area contributed by atoms with Crippen molar-refractivity contribution in [3.05, 3.63) is 167 Å². The number of hydrogen-bond acceptors (Lipinski definition) is 4. The quantitative estimate of drug-likeness (QED) is 0.112. The van der Waals surface area contributed by atoms with Gasteiger partial charge >= 0.3 is 20.1 Å². The van der Waals surface area contributed by atoms with Crippen LogP contribution in [0.4, 0.5) is 17.1 Å². The Morgan fingerprint density at radius 1 is 0.694 bits per heavy atom. The van der Waals surface area contributed by atoms with Crippen molar-refractivity contribution in [3.63, 3.8) is 0 Å². The molecule has 5 nitrogen and oxygen atoms in total. The summed E-state index contributed by atoms with van der Waals surface area (Å²) >= 11 is 0. The maximum absolute atomic E-state index is 6.19. The molecule has 0 radical (unpaired) electrons. The van der Waals surface area contributed by atoms with Gasteiger partial charge in [0.2, 0.25) is 0 Å². The molecule has 1 aliphatic rings. The first kappa shape index (κ1) is 43.2. The summed E-state index contributed by atoms with van der Waals surface area (Å²) in [6.45, 7) is 20.8. The van der Waals surface area contributed by atoms with Crippen LogP contribution in [0, 0.1) is 18.1 Å². The van der Waals surface area contributed by atoms with E-state index in [0.717, 1.165) is 78.5 Å². The molecule has 9 aromatic rings. The van der Waals surface area contributed by atoms with Crippen LogP contribution < -0.4 is 10.1 Å². The van der Waals surface area contributed by atoms with E-state index in [2.05, 4.69) is 169 Å². The maximum Gasteiger partial charge on any atom is 3.00 e. The Morgan fingerprint density at radius 3 is 2.02 bits per heavy atom. The van der Waals surface area contributed by atoms with Gasteiger partial charge < -0.3 is 24.0 Å². The Bertz CT molecular complexity index is 3020. The Morgan fingerprint density at radius 2 is 1.34 bits per heavy atom. The van der Waals surface area contributed by atoms with Crippen LogP contribution in [0.5, 0.6) is 0 Å². The Balaban J connectivity index is 0.000000172. The van der Waals surface area contributed by atoms with Crippen molar-refractivity contribution >= 4 is 74.2 Å². The van der Waals surface area contributed by atoms with Crippen LogP contribution in [-0.4, -0.2) is 13.1 Å². The first-order chi connectivity index (χ1) is 29.4. The number of rotatable bonds is 8. The van der Waals surface area contributed by atoms with E-state index in [1.54, 1.807) is 0 Å². The number of hydrogen-bond donors (Lipinski definition) is 0. The summed E-state index contributed by atoms with van der Waals surface area (Å²) in [5, 5.41) is 11.2. The minimum atomic E-state index is -1.44. The second-order valence-electron chi connectivity index (χ2n) is 18.5. The molecule has 0 saturated carbocycles. The standard InChI is InChI=1S/C31H28N2O.C24H26NOSi.Ir/c1-19(2)22-11-9-12-23(20(3)4)30(22)33-27-14-7-6-13-26(27)32-31(33)21-16-17-29-25(18-21)24-10-5-8-15-28(24)34-29;1-16(2)13-17-14-21(25-15-23(17)27(3,4)5)20-11-8-10-19-18-9-6-7-12-22(18)26-24(19)20;/h5-15,17-20,31H,1-4H3;6-10,12,14-16H,13H2,1-5H3;/q-2;-1;+3. The molecule has 4 heterocycles. The molecule has 7 heteroatoms. The van der Waals surface area contributed by atoms with E-state index in [1.165, 1.54) is 27.6 Å². The molecule has 10 rings (SSSR count). The van der Waals surface area contributed by atoms with Crippen LogP contribution in [0.2, 0.25) is 19.6 Å². The fraction of sp³-hybridized carbons (Fsp3) is 0.255. The van der Waals surface area contributed by atoms with Crippen molar-refractivity contribution in [2.75, 3.05) is 4.90 Å². The number of fused-ring (bicyclic) bond motifs is 7. The van der Waals surface area contributed by atoms with Gasteiger partial charge in [-0.1, -0.05) is 162 Å². The van der Waals surface area contributed by atoms with Crippen LogP contribution in [0.25, 0.3) is 60.5 Å². The molecule has 0 fully saturated rings. The van der Waals surface area contributed by atoms with Gasteiger partial charge in [-0.3, -0.25) is 0 Å². The monoisotopic (exact) mass is 1010 g/mol. The molecule has 0 spiro atoms. The van der Waals surface area contributed by atoms with E-state index < -0.39 is 8.07 Å². The SMILES string of the molecule is CC(C)Cc1cc(-c2[c-]ccc3c2oc2ccccc23)ncc1[Si](C)(C)C.CC(C)c1cccc(C(C)C)c1N1c2ccccc2[N-]C1c1[c-]cc2oc3ccccc3c2c1.[Ir+3]. The maximum atomic E-state index is 6.19. The number of anilines is 2. The number of nitrogens with zero attached hydrogens (tertiary/aromatic N) is 3. The van der Waals surface area contributed by atoms with E-state index in [1.807, 2.05) is 36.4 Å². The molecule has 0 aliphatic carbocycles. The zero-order valence-electron chi connectivity index (χ0n) is 37.1. The third-order valence-corrected chi connectivity index (χ3v) is 13.9. The normalized spacial score (nSPS) is 13.9. The molecule has 1 atom stereocenters. The summed E-state index contributed by atoms with van der Waals surface area (Å²) in [6.07, 6.45) is 2.99. The van der Waals surface area contributed by atoms with E-state index in [0.29, 0.717) is 17.8 Å². The van der Waals surface area contributed by atoms with Gasteiger partial charge in [-0.15, -0.1) is 30.0 Å². The summed E-state index contributed by atoms with van der Waals surface area (Å²) < 4.78 is 12.3. The molecule has 314 valence electrons. The zero-order valence-corrected chi connectivity index (χ0v) is 40.5. The van der Waals surface area contributed by atoms with Crippen LogP contribution in [-0.2, 0) is 26.5 Å². The van der Waals surface area contributed by atoms with Gasteiger partial charge in [0.15, 0.2) is 0 Å². The average molecular weight is 1010 g/mol. The molecule has 0 amide bonds. The van der Waals surface area contributed by atoms with Gasteiger partial charge in [-0.2, -0.15) is 17.7 Å². The van der Waals surface area contributed by atoms with Gasteiger partial charge in [0.25, 0.3) is 0 Å². The molecule has 0 saturated heterocycles. The van der Waals surface area contributed by atoms with E-state index >= 15 is 0 Å². The second-order valence-corrected chi connectivity index (χ2v) is 23.5. The van der Waals surface area contributed by atoms with Gasteiger partial charge in [-0.25, -0.2) is 0 Å². The summed E-state index contributed by atoms with van der Waals surface area (Å²) in [4.78, 5) is 7.28. The molecular weight excluding hydrogens is 955 g/mol. The van der Waals surface area contributed by atoms with Crippen molar-refractivity contribution < 1.29 is 28.9 Å². The van der Waals surface area contributed by atoms with Gasteiger partial charge in [0, 0.05) is 33.9 Å². The number of benzene rings is 6. The molecule has 0 N–H and O–H groups in total. The smallest absolute Gasteiger partial charge is 0.661 e. The van der Waals surface area contributed by atoms with Crippen molar-refractivity contribution in [2.24, 2.45) is 5.92 Å². The topological polar surface area (TPSA) is 56.5 Å². The Kier molecular flexibility index (Phi) is 12.1. The zero-order chi connectivity index (χ0) is 42.6. The summed E-state index contributed by atoms with van der Waals surface area (Å²) in [5.41, 5.74) is 14.1. The van der Waals surface area contributed by atoms with Gasteiger partial charge in [0.1, 0.15) is 11.2 Å². The fourth-order valence-electron chi connectivity index (χ4n) is 8.97. The predicted octanol–water partition coefficient (Wildman–Crippen LogP) is 15.7. The summed E-state index contributed by atoms with van der Waals surface area (Å²) in [7, 11) is -1.44. The Hall–Kier alpha value is -5.46. The third-order valence-electron chi connectivity index (χ3n) is 11.9. The minimum absolute atomic E-state index is 0. The predicted molar refractivity (Wildman–Crippen MR) is 259 cm³/mol.